The number of carbonyl (C=O) groups excluding carboxylic acids is 1. The quantitative estimate of drug-likeness (QED) is 0.208. The molecule has 0 aromatic carbocycles. The number of rotatable bonds is 6. The van der Waals surface area contributed by atoms with Crippen molar-refractivity contribution in [1.29, 1.82) is 0 Å². The summed E-state index contributed by atoms with van der Waals surface area (Å²) < 4.78 is 8.76. The highest BCUT2D eigenvalue weighted by Crippen LogP contribution is 1.92. The molecular formula is C10H18N5O2+. The Hall–Kier alpha value is -2.05. The van der Waals surface area contributed by atoms with E-state index in [4.69, 9.17) is 16.2 Å². The van der Waals surface area contributed by atoms with Crippen LogP contribution in [0.5, 0.6) is 0 Å². The predicted molar refractivity (Wildman–Crippen MR) is 61.9 cm³/mol. The largest absolute Gasteiger partial charge is 0.464 e. The van der Waals surface area contributed by atoms with E-state index < -0.39 is 0 Å². The fraction of sp³-hybridized carbons (Fsp3) is 0.500. The molecule has 0 spiro atoms. The molecule has 0 aliphatic carbocycles. The van der Waals surface area contributed by atoms with Gasteiger partial charge in [-0.1, -0.05) is 0 Å². The number of aliphatic imine (C=N–C) groups is 1. The van der Waals surface area contributed by atoms with Gasteiger partial charge in [0.25, 0.3) is 0 Å². The highest BCUT2D eigenvalue weighted by atomic mass is 16.5. The Morgan fingerprint density at radius 3 is 2.88 bits per heavy atom. The lowest BCUT2D eigenvalue weighted by molar-refractivity contribution is -0.671. The fourth-order valence-corrected chi connectivity index (χ4v) is 1.26. The number of ether oxygens (including phenoxy) is 1. The number of aryl methyl sites for hydroxylation is 2. The van der Waals surface area contributed by atoms with Crippen molar-refractivity contribution in [3.63, 3.8) is 0 Å². The lowest BCUT2D eigenvalue weighted by atomic mass is 10.4. The predicted octanol–water partition coefficient (Wildman–Crippen LogP) is -1.48. The van der Waals surface area contributed by atoms with Gasteiger partial charge < -0.3 is 16.2 Å². The standard InChI is InChI=1S/C10H18N5O2/c1-14-5-6-15(8-14)4-2-9(16)17-7-3-13-10(11)12/h5-6,8H,2-4,7H2,1H3,(H4,11,12,13)/q+1. The van der Waals surface area contributed by atoms with Gasteiger partial charge in [-0.2, -0.15) is 0 Å². The SMILES string of the molecule is C[n+]1ccn(CCC(=O)OCCN=C(N)N)c1. The number of aromatic nitrogens is 2. The molecule has 0 radical (unpaired) electrons. The van der Waals surface area contributed by atoms with Crippen LogP contribution in [0.2, 0.25) is 0 Å². The lowest BCUT2D eigenvalue weighted by Crippen LogP contribution is -2.24. The van der Waals surface area contributed by atoms with E-state index in [0.717, 1.165) is 0 Å². The Morgan fingerprint density at radius 2 is 2.29 bits per heavy atom. The molecule has 0 aliphatic heterocycles. The minimum Gasteiger partial charge on any atom is -0.464 e. The average molecular weight is 240 g/mol. The third kappa shape index (κ3) is 5.55. The minimum atomic E-state index is -0.257. The molecular weight excluding hydrogens is 222 g/mol. The molecule has 0 aliphatic rings. The topological polar surface area (TPSA) is 99.5 Å². The van der Waals surface area contributed by atoms with Crippen LogP contribution in [-0.2, 0) is 23.1 Å². The maximum absolute atomic E-state index is 11.3. The number of guanidine groups is 1. The molecule has 0 bridgehead atoms. The first-order chi connectivity index (χ1) is 8.08. The molecule has 0 atom stereocenters. The first-order valence-electron chi connectivity index (χ1n) is 5.30. The summed E-state index contributed by atoms with van der Waals surface area (Å²) in [6.07, 6.45) is 6.03. The van der Waals surface area contributed by atoms with Gasteiger partial charge >= 0.3 is 5.97 Å². The van der Waals surface area contributed by atoms with Crippen molar-refractivity contribution >= 4 is 11.9 Å². The van der Waals surface area contributed by atoms with Crippen molar-refractivity contribution in [3.05, 3.63) is 18.7 Å². The van der Waals surface area contributed by atoms with Crippen LogP contribution in [0.4, 0.5) is 0 Å². The molecule has 0 amide bonds. The van der Waals surface area contributed by atoms with Gasteiger partial charge in [0, 0.05) is 0 Å². The molecule has 1 aromatic rings. The number of esters is 1. The molecule has 4 N–H and O–H groups in total. The highest BCUT2D eigenvalue weighted by molar-refractivity contribution is 5.75. The normalized spacial score (nSPS) is 9.94. The van der Waals surface area contributed by atoms with E-state index in [0.29, 0.717) is 19.5 Å². The molecule has 1 rings (SSSR count). The zero-order valence-electron chi connectivity index (χ0n) is 9.87. The molecule has 1 aromatic heterocycles. The monoisotopic (exact) mass is 240 g/mol. The second-order valence-electron chi connectivity index (χ2n) is 3.59. The number of hydrogen-bond donors (Lipinski definition) is 2. The van der Waals surface area contributed by atoms with Gasteiger partial charge in [-0.15, -0.1) is 0 Å². The second-order valence-corrected chi connectivity index (χ2v) is 3.59. The Morgan fingerprint density at radius 1 is 1.53 bits per heavy atom. The van der Waals surface area contributed by atoms with Gasteiger partial charge in [0.2, 0.25) is 6.33 Å². The molecule has 7 nitrogen and oxygen atoms in total. The Kier molecular flexibility index (Phi) is 4.99. The summed E-state index contributed by atoms with van der Waals surface area (Å²) in [5.41, 5.74) is 10.3. The molecule has 0 saturated heterocycles. The maximum atomic E-state index is 11.3. The summed E-state index contributed by atoms with van der Waals surface area (Å²) in [4.78, 5) is 15.0. The summed E-state index contributed by atoms with van der Waals surface area (Å²) in [7, 11) is 1.92. The van der Waals surface area contributed by atoms with Gasteiger partial charge in [-0.25, -0.2) is 9.13 Å². The average Bonchev–Trinajstić information content (AvgIpc) is 2.67. The van der Waals surface area contributed by atoms with Crippen molar-refractivity contribution < 1.29 is 14.1 Å². The third-order valence-corrected chi connectivity index (χ3v) is 2.05. The zero-order chi connectivity index (χ0) is 12.7. The molecule has 0 fully saturated rings. The number of nitrogens with two attached hydrogens (primary N) is 2. The first-order valence-corrected chi connectivity index (χ1v) is 5.30. The minimum absolute atomic E-state index is 0.000824. The van der Waals surface area contributed by atoms with E-state index in [9.17, 15) is 4.79 Å². The van der Waals surface area contributed by atoms with Crippen molar-refractivity contribution in [1.82, 2.24) is 4.57 Å². The van der Waals surface area contributed by atoms with Gasteiger partial charge in [0.05, 0.1) is 20.0 Å². The van der Waals surface area contributed by atoms with Crippen LogP contribution in [0.1, 0.15) is 6.42 Å². The van der Waals surface area contributed by atoms with E-state index in [-0.39, 0.29) is 18.5 Å². The smallest absolute Gasteiger partial charge is 0.309 e. The van der Waals surface area contributed by atoms with Crippen LogP contribution in [0.15, 0.2) is 23.7 Å². The summed E-state index contributed by atoms with van der Waals surface area (Å²) in [5.74, 6) is -0.256. The highest BCUT2D eigenvalue weighted by Gasteiger charge is 2.06. The molecule has 94 valence electrons. The lowest BCUT2D eigenvalue weighted by Gasteiger charge is -2.01. The zero-order valence-corrected chi connectivity index (χ0v) is 9.87. The van der Waals surface area contributed by atoms with Crippen LogP contribution in [-0.4, -0.2) is 29.6 Å². The first kappa shape index (κ1) is 13.0. The van der Waals surface area contributed by atoms with E-state index in [2.05, 4.69) is 4.99 Å². The van der Waals surface area contributed by atoms with E-state index in [1.54, 1.807) is 0 Å². The van der Waals surface area contributed by atoms with Crippen molar-refractivity contribution in [2.24, 2.45) is 23.5 Å². The van der Waals surface area contributed by atoms with Gasteiger partial charge in [-0.05, 0) is 0 Å². The van der Waals surface area contributed by atoms with Gasteiger partial charge in [0.15, 0.2) is 5.96 Å². The molecule has 0 saturated carbocycles. The third-order valence-electron chi connectivity index (χ3n) is 2.05. The number of carbonyl (C=O) groups is 1. The summed E-state index contributed by atoms with van der Waals surface area (Å²) in [6.45, 7) is 1.10. The second kappa shape index (κ2) is 6.51. The van der Waals surface area contributed by atoms with Crippen LogP contribution < -0.4 is 16.0 Å². The fourth-order valence-electron chi connectivity index (χ4n) is 1.26. The van der Waals surface area contributed by atoms with Crippen molar-refractivity contribution in [3.8, 4) is 0 Å². The Balaban J connectivity index is 2.15. The molecule has 1 heterocycles. The molecule has 0 unspecified atom stereocenters. The number of hydrogen-bond acceptors (Lipinski definition) is 3. The van der Waals surface area contributed by atoms with Crippen LogP contribution >= 0.6 is 0 Å². The Bertz CT molecular complexity index is 395. The van der Waals surface area contributed by atoms with Crippen molar-refractivity contribution in [2.45, 2.75) is 13.0 Å². The summed E-state index contributed by atoms with van der Waals surface area (Å²) in [5, 5.41) is 0. The van der Waals surface area contributed by atoms with Crippen molar-refractivity contribution in [2.75, 3.05) is 13.2 Å². The van der Waals surface area contributed by atoms with E-state index in [1.165, 1.54) is 0 Å². The number of imidazole rings is 1. The van der Waals surface area contributed by atoms with Gasteiger partial charge in [-0.3, -0.25) is 9.79 Å². The van der Waals surface area contributed by atoms with Crippen LogP contribution in [0, 0.1) is 0 Å². The molecule has 17 heavy (non-hydrogen) atoms. The van der Waals surface area contributed by atoms with Crippen LogP contribution in [0.3, 0.4) is 0 Å². The van der Waals surface area contributed by atoms with E-state index in [1.807, 2.05) is 34.9 Å². The number of nitrogens with zero attached hydrogens (tertiary/aromatic N) is 3. The van der Waals surface area contributed by atoms with E-state index >= 15 is 0 Å². The summed E-state index contributed by atoms with van der Waals surface area (Å²) in [6, 6.07) is 0. The van der Waals surface area contributed by atoms with Crippen LogP contribution in [0.25, 0.3) is 0 Å². The molecule has 7 heteroatoms. The van der Waals surface area contributed by atoms with Gasteiger partial charge in [0.1, 0.15) is 25.5 Å². The summed E-state index contributed by atoms with van der Waals surface area (Å²) >= 11 is 0. The maximum Gasteiger partial charge on any atom is 0.309 e. The Labute approximate surface area is 99.7 Å².